The highest BCUT2D eigenvalue weighted by Gasteiger charge is 2.54. The SMILES string of the molecule is COCc1ccc(C(=O)N2C[C@H](c3ccccc3)[C@@H]3[C@H]2C2CCN3CC2)o1. The maximum Gasteiger partial charge on any atom is 0.289 e. The van der Waals surface area contributed by atoms with Gasteiger partial charge in [0.15, 0.2) is 5.76 Å². The minimum atomic E-state index is 0.0273. The molecule has 27 heavy (non-hydrogen) atoms. The van der Waals surface area contributed by atoms with Crippen LogP contribution in [0.2, 0.25) is 0 Å². The van der Waals surface area contributed by atoms with E-state index < -0.39 is 0 Å². The first-order valence-electron chi connectivity index (χ1n) is 9.94. The van der Waals surface area contributed by atoms with E-state index in [-0.39, 0.29) is 5.91 Å². The van der Waals surface area contributed by atoms with Gasteiger partial charge in [-0.15, -0.1) is 0 Å². The first kappa shape index (κ1) is 17.0. The Labute approximate surface area is 159 Å². The number of carbonyl (C=O) groups excluding carboxylic acids is 1. The predicted octanol–water partition coefficient (Wildman–Crippen LogP) is 3.13. The van der Waals surface area contributed by atoms with E-state index >= 15 is 0 Å². The van der Waals surface area contributed by atoms with Gasteiger partial charge in [0, 0.05) is 25.6 Å². The number of amides is 1. The monoisotopic (exact) mass is 366 g/mol. The molecule has 1 amide bonds. The summed E-state index contributed by atoms with van der Waals surface area (Å²) in [5, 5.41) is 0. The molecule has 4 aliphatic rings. The van der Waals surface area contributed by atoms with E-state index in [0.717, 1.165) is 19.6 Å². The van der Waals surface area contributed by atoms with Crippen molar-refractivity contribution in [1.29, 1.82) is 0 Å². The fourth-order valence-electron chi connectivity index (χ4n) is 5.50. The molecule has 1 aromatic carbocycles. The van der Waals surface area contributed by atoms with Crippen LogP contribution < -0.4 is 0 Å². The van der Waals surface area contributed by atoms with Crippen molar-refractivity contribution in [2.45, 2.75) is 37.5 Å². The van der Waals surface area contributed by atoms with Crippen LogP contribution in [0, 0.1) is 5.92 Å². The van der Waals surface area contributed by atoms with Crippen molar-refractivity contribution >= 4 is 5.91 Å². The Morgan fingerprint density at radius 2 is 1.89 bits per heavy atom. The summed E-state index contributed by atoms with van der Waals surface area (Å²) in [6.45, 7) is 3.49. The third-order valence-electron chi connectivity index (χ3n) is 6.64. The standard InChI is InChI=1S/C22H26N2O3/c1-26-14-17-7-8-19(27-17)22(25)24-13-18(15-5-3-2-4-6-15)21-20(24)16-9-11-23(21)12-10-16/h2-8,16,18,20-21H,9-14H2,1H3/t18-,20-,21-/m1/s1. The van der Waals surface area contributed by atoms with Gasteiger partial charge in [0.05, 0.1) is 6.04 Å². The zero-order valence-corrected chi connectivity index (χ0v) is 15.7. The fraction of sp³-hybridized carbons (Fsp3) is 0.500. The summed E-state index contributed by atoms with van der Waals surface area (Å²) < 4.78 is 10.9. The lowest BCUT2D eigenvalue weighted by Crippen LogP contribution is -2.60. The Hall–Kier alpha value is -2.11. The second kappa shape index (κ2) is 6.80. The van der Waals surface area contributed by atoms with Crippen molar-refractivity contribution in [3.05, 3.63) is 59.5 Å². The number of ether oxygens (including phenoxy) is 1. The van der Waals surface area contributed by atoms with Crippen molar-refractivity contribution in [3.8, 4) is 0 Å². The number of piperidine rings is 3. The number of carbonyl (C=O) groups is 1. The highest BCUT2D eigenvalue weighted by atomic mass is 16.5. The van der Waals surface area contributed by atoms with Crippen LogP contribution in [0.3, 0.4) is 0 Å². The van der Waals surface area contributed by atoms with Gasteiger partial charge in [-0.25, -0.2) is 0 Å². The molecule has 0 saturated carbocycles. The molecule has 2 bridgehead atoms. The summed E-state index contributed by atoms with van der Waals surface area (Å²) in [6, 6.07) is 15.1. The molecule has 0 radical (unpaired) electrons. The van der Waals surface area contributed by atoms with Crippen molar-refractivity contribution in [2.24, 2.45) is 5.92 Å². The van der Waals surface area contributed by atoms with Crippen LogP contribution in [0.4, 0.5) is 0 Å². The molecule has 4 saturated heterocycles. The Bertz CT molecular complexity index is 810. The van der Waals surface area contributed by atoms with E-state index in [0.29, 0.717) is 42.0 Å². The van der Waals surface area contributed by atoms with Crippen molar-refractivity contribution in [3.63, 3.8) is 0 Å². The number of methoxy groups -OCH3 is 1. The van der Waals surface area contributed by atoms with Gasteiger partial charge in [-0.3, -0.25) is 9.69 Å². The summed E-state index contributed by atoms with van der Waals surface area (Å²) >= 11 is 0. The minimum Gasteiger partial charge on any atom is -0.453 e. The molecule has 2 aromatic rings. The number of nitrogens with zero attached hydrogens (tertiary/aromatic N) is 2. The van der Waals surface area contributed by atoms with Crippen molar-refractivity contribution in [1.82, 2.24) is 9.80 Å². The third kappa shape index (κ3) is 2.80. The summed E-state index contributed by atoms with van der Waals surface area (Å²) in [5.74, 6) is 2.14. The Morgan fingerprint density at radius 3 is 2.63 bits per heavy atom. The normalized spacial score (nSPS) is 31.9. The molecule has 5 nitrogen and oxygen atoms in total. The molecular formula is C22H26N2O3. The Balaban J connectivity index is 1.47. The van der Waals surface area contributed by atoms with Gasteiger partial charge < -0.3 is 14.1 Å². The largest absolute Gasteiger partial charge is 0.453 e. The Kier molecular flexibility index (Phi) is 4.29. The summed E-state index contributed by atoms with van der Waals surface area (Å²) in [6.07, 6.45) is 2.39. The lowest BCUT2D eigenvalue weighted by Gasteiger charge is -2.51. The van der Waals surface area contributed by atoms with Crippen LogP contribution in [0.1, 0.15) is 40.6 Å². The number of hydrogen-bond acceptors (Lipinski definition) is 4. The van der Waals surface area contributed by atoms with E-state index in [2.05, 4.69) is 40.1 Å². The van der Waals surface area contributed by atoms with Crippen LogP contribution in [0.15, 0.2) is 46.9 Å². The zero-order chi connectivity index (χ0) is 18.4. The van der Waals surface area contributed by atoms with Gasteiger partial charge in [0.1, 0.15) is 12.4 Å². The second-order valence-corrected chi connectivity index (χ2v) is 8.03. The van der Waals surface area contributed by atoms with E-state index in [1.807, 2.05) is 6.07 Å². The lowest BCUT2D eigenvalue weighted by atomic mass is 9.75. The quantitative estimate of drug-likeness (QED) is 0.834. The van der Waals surface area contributed by atoms with Gasteiger partial charge in [-0.05, 0) is 49.5 Å². The van der Waals surface area contributed by atoms with Crippen molar-refractivity contribution < 1.29 is 13.9 Å². The van der Waals surface area contributed by atoms with Crippen molar-refractivity contribution in [2.75, 3.05) is 26.7 Å². The molecule has 1 aromatic heterocycles. The highest BCUT2D eigenvalue weighted by Crippen LogP contribution is 2.46. The first-order valence-corrected chi connectivity index (χ1v) is 9.94. The Morgan fingerprint density at radius 1 is 1.11 bits per heavy atom. The van der Waals surface area contributed by atoms with Gasteiger partial charge in [0.2, 0.25) is 0 Å². The fourth-order valence-corrected chi connectivity index (χ4v) is 5.50. The molecule has 3 atom stereocenters. The van der Waals surface area contributed by atoms with Crippen LogP contribution in [-0.4, -0.2) is 54.5 Å². The van der Waals surface area contributed by atoms with Crippen LogP contribution in [-0.2, 0) is 11.3 Å². The number of rotatable bonds is 4. The predicted molar refractivity (Wildman–Crippen MR) is 102 cm³/mol. The summed E-state index contributed by atoms with van der Waals surface area (Å²) in [4.78, 5) is 18.1. The number of benzene rings is 1. The number of hydrogen-bond donors (Lipinski definition) is 0. The zero-order valence-electron chi connectivity index (χ0n) is 15.7. The minimum absolute atomic E-state index is 0.0273. The van der Waals surface area contributed by atoms with E-state index in [1.165, 1.54) is 18.4 Å². The average Bonchev–Trinajstić information content (AvgIpc) is 3.36. The lowest BCUT2D eigenvalue weighted by molar-refractivity contribution is -0.00439. The molecule has 4 fully saturated rings. The van der Waals surface area contributed by atoms with Gasteiger partial charge >= 0.3 is 0 Å². The molecule has 5 heterocycles. The van der Waals surface area contributed by atoms with E-state index in [4.69, 9.17) is 9.15 Å². The van der Waals surface area contributed by atoms with Gasteiger partial charge in [-0.2, -0.15) is 0 Å². The van der Waals surface area contributed by atoms with Crippen LogP contribution >= 0.6 is 0 Å². The molecule has 0 spiro atoms. The molecule has 5 heteroatoms. The number of furan rings is 1. The molecular weight excluding hydrogens is 340 g/mol. The maximum atomic E-state index is 13.3. The third-order valence-corrected chi connectivity index (χ3v) is 6.64. The van der Waals surface area contributed by atoms with E-state index in [1.54, 1.807) is 13.2 Å². The molecule has 6 rings (SSSR count). The smallest absolute Gasteiger partial charge is 0.289 e. The summed E-state index contributed by atoms with van der Waals surface area (Å²) in [7, 11) is 1.63. The van der Waals surface area contributed by atoms with Crippen LogP contribution in [0.25, 0.3) is 0 Å². The topological polar surface area (TPSA) is 45.9 Å². The molecule has 0 N–H and O–H groups in total. The number of fused-ring (bicyclic) bond motifs is 2. The average molecular weight is 366 g/mol. The summed E-state index contributed by atoms with van der Waals surface area (Å²) in [5.41, 5.74) is 1.34. The van der Waals surface area contributed by atoms with E-state index in [9.17, 15) is 4.79 Å². The highest BCUT2D eigenvalue weighted by molar-refractivity contribution is 5.92. The molecule has 0 unspecified atom stereocenters. The molecule has 0 aliphatic carbocycles. The maximum absolute atomic E-state index is 13.3. The van der Waals surface area contributed by atoms with Gasteiger partial charge in [0.25, 0.3) is 5.91 Å². The van der Waals surface area contributed by atoms with Gasteiger partial charge in [-0.1, -0.05) is 30.3 Å². The second-order valence-electron chi connectivity index (χ2n) is 8.03. The first-order chi connectivity index (χ1) is 13.3. The number of likely N-dealkylation sites (tertiary alicyclic amines) is 1. The molecule has 4 aliphatic heterocycles. The van der Waals surface area contributed by atoms with Crippen LogP contribution in [0.5, 0.6) is 0 Å². The molecule has 142 valence electrons.